The lowest BCUT2D eigenvalue weighted by Crippen LogP contribution is -2.12. The number of nitrogen functional groups attached to an aromatic ring is 1. The van der Waals surface area contributed by atoms with Crippen molar-refractivity contribution in [3.05, 3.63) is 63.0 Å². The maximum absolute atomic E-state index is 12.8. The van der Waals surface area contributed by atoms with Gasteiger partial charge in [0.2, 0.25) is 5.78 Å². The second kappa shape index (κ2) is 9.57. The number of benzene rings is 2. The second-order valence-corrected chi connectivity index (χ2v) is 9.14. The van der Waals surface area contributed by atoms with Crippen LogP contribution in [0.4, 0.5) is 16.6 Å². The van der Waals surface area contributed by atoms with E-state index in [4.69, 9.17) is 28.9 Å². The molecule has 11 heteroatoms. The van der Waals surface area contributed by atoms with Gasteiger partial charge in [0.15, 0.2) is 5.13 Å². The van der Waals surface area contributed by atoms with Crippen LogP contribution >= 0.6 is 34.5 Å². The Hall–Kier alpha value is -2.46. The molecule has 7 nitrogen and oxygen atoms in total. The Bertz CT molecular complexity index is 1110. The van der Waals surface area contributed by atoms with Crippen LogP contribution in [0.25, 0.3) is 0 Å². The number of carbonyl (C=O) groups excluding carboxylic acids is 2. The zero-order valence-electron chi connectivity index (χ0n) is 15.5. The molecule has 0 amide bonds. The molecule has 0 aliphatic carbocycles. The number of carbonyl (C=O) groups is 2. The third-order valence-corrected chi connectivity index (χ3v) is 6.81. The molecule has 0 radical (unpaired) electrons. The van der Waals surface area contributed by atoms with Crippen LogP contribution in [0.3, 0.4) is 0 Å². The van der Waals surface area contributed by atoms with Crippen LogP contribution in [0, 0.1) is 0 Å². The highest BCUT2D eigenvalue weighted by Gasteiger charge is 2.22. The van der Waals surface area contributed by atoms with E-state index < -0.39 is 22.6 Å². The highest BCUT2D eigenvalue weighted by molar-refractivity contribution is 7.85. The lowest BCUT2D eigenvalue weighted by molar-refractivity contribution is -0.137. The number of hydrogen-bond acceptors (Lipinski definition) is 8. The highest BCUT2D eigenvalue weighted by Crippen LogP contribution is 2.34. The number of thiazole rings is 1. The smallest absolute Gasteiger partial charge is 0.318 e. The van der Waals surface area contributed by atoms with Crippen LogP contribution in [0.5, 0.6) is 0 Å². The number of rotatable bonds is 7. The van der Waals surface area contributed by atoms with Gasteiger partial charge in [-0.3, -0.25) is 13.8 Å². The van der Waals surface area contributed by atoms with E-state index in [2.05, 4.69) is 15.0 Å². The van der Waals surface area contributed by atoms with Crippen molar-refractivity contribution in [1.82, 2.24) is 4.98 Å². The summed E-state index contributed by atoms with van der Waals surface area (Å²) in [4.78, 5) is 28.9. The normalized spacial score (nSPS) is 11.7. The molecule has 3 N–H and O–H groups in total. The molecule has 0 aliphatic heterocycles. The molecule has 1 atom stereocenters. The number of anilines is 3. The van der Waals surface area contributed by atoms with Crippen LogP contribution in [0.2, 0.25) is 10.0 Å². The summed E-state index contributed by atoms with van der Waals surface area (Å²) in [5.74, 6) is -1.13. The molecule has 0 bridgehead atoms. The number of nitrogens with one attached hydrogen (secondary N) is 1. The van der Waals surface area contributed by atoms with Gasteiger partial charge in [0, 0.05) is 10.6 Å². The number of ether oxygens (including phenoxy) is 1. The Morgan fingerprint density at radius 3 is 2.40 bits per heavy atom. The zero-order valence-corrected chi connectivity index (χ0v) is 18.6. The first-order valence-electron chi connectivity index (χ1n) is 8.37. The van der Waals surface area contributed by atoms with E-state index in [0.717, 1.165) is 11.3 Å². The molecule has 30 heavy (non-hydrogen) atoms. The highest BCUT2D eigenvalue weighted by atomic mass is 35.5. The van der Waals surface area contributed by atoms with Gasteiger partial charge in [-0.1, -0.05) is 40.6 Å². The van der Waals surface area contributed by atoms with Crippen molar-refractivity contribution >= 4 is 73.7 Å². The first kappa shape index (κ1) is 22.2. The fraction of sp³-hybridized carbons (Fsp3) is 0.105. The third kappa shape index (κ3) is 4.99. The number of nitrogens with zero attached hydrogens (tertiary/aromatic N) is 1. The Labute approximate surface area is 188 Å². The Morgan fingerprint density at radius 2 is 1.80 bits per heavy atom. The van der Waals surface area contributed by atoms with Crippen molar-refractivity contribution < 1.29 is 18.5 Å². The zero-order chi connectivity index (χ0) is 21.8. The monoisotopic (exact) mass is 483 g/mol. The number of halogens is 2. The van der Waals surface area contributed by atoms with Crippen molar-refractivity contribution in [2.45, 2.75) is 4.90 Å². The average Bonchev–Trinajstić information content (AvgIpc) is 3.08. The van der Waals surface area contributed by atoms with Gasteiger partial charge in [0.1, 0.15) is 16.4 Å². The molecule has 0 fully saturated rings. The van der Waals surface area contributed by atoms with Crippen LogP contribution in [-0.4, -0.2) is 33.8 Å². The van der Waals surface area contributed by atoms with Gasteiger partial charge in [-0.2, -0.15) is 0 Å². The molecule has 1 aromatic heterocycles. The molecule has 0 saturated heterocycles. The SMILES string of the molecule is COC(=O)CS(=O)c1ccc(Nc2nc(N)c(C(=O)c3c(Cl)cccc3Cl)s2)cc1. The third-order valence-electron chi connectivity index (χ3n) is 3.89. The molecule has 3 aromatic rings. The van der Waals surface area contributed by atoms with E-state index >= 15 is 0 Å². The summed E-state index contributed by atoms with van der Waals surface area (Å²) in [5, 5.41) is 3.88. The van der Waals surface area contributed by atoms with Gasteiger partial charge in [-0.15, -0.1) is 0 Å². The number of methoxy groups -OCH3 is 1. The average molecular weight is 484 g/mol. The molecular formula is C19H15Cl2N3O4S2. The maximum atomic E-state index is 12.8. The minimum Gasteiger partial charge on any atom is -0.468 e. The van der Waals surface area contributed by atoms with E-state index in [-0.39, 0.29) is 32.1 Å². The minimum absolute atomic E-state index is 0.0549. The molecule has 1 unspecified atom stereocenters. The molecule has 0 saturated carbocycles. The lowest BCUT2D eigenvalue weighted by Gasteiger charge is -2.05. The predicted octanol–water partition coefficient (Wildman–Crippen LogP) is 4.29. The van der Waals surface area contributed by atoms with Crippen LogP contribution in [0.15, 0.2) is 47.4 Å². The maximum Gasteiger partial charge on any atom is 0.318 e. The fourth-order valence-electron chi connectivity index (χ4n) is 2.44. The Balaban J connectivity index is 1.77. The molecule has 0 aliphatic rings. The fourth-order valence-corrected chi connectivity index (χ4v) is 4.80. The predicted molar refractivity (Wildman–Crippen MR) is 119 cm³/mol. The number of nitrogens with two attached hydrogens (primary N) is 1. The minimum atomic E-state index is -1.50. The summed E-state index contributed by atoms with van der Waals surface area (Å²) in [7, 11) is -0.264. The van der Waals surface area contributed by atoms with Gasteiger partial charge in [0.25, 0.3) is 0 Å². The van der Waals surface area contributed by atoms with E-state index in [1.165, 1.54) is 7.11 Å². The van der Waals surface area contributed by atoms with Crippen molar-refractivity contribution in [3.8, 4) is 0 Å². The van der Waals surface area contributed by atoms with Crippen LogP contribution in [0.1, 0.15) is 15.2 Å². The molecule has 2 aromatic carbocycles. The number of aromatic nitrogens is 1. The topological polar surface area (TPSA) is 111 Å². The molecule has 3 rings (SSSR count). The van der Waals surface area contributed by atoms with Crippen molar-refractivity contribution in [2.24, 2.45) is 0 Å². The summed E-state index contributed by atoms with van der Waals surface area (Å²) in [6.45, 7) is 0. The van der Waals surface area contributed by atoms with Gasteiger partial charge in [0.05, 0.1) is 33.5 Å². The first-order chi connectivity index (χ1) is 14.3. The van der Waals surface area contributed by atoms with Crippen LogP contribution < -0.4 is 11.1 Å². The largest absolute Gasteiger partial charge is 0.468 e. The van der Waals surface area contributed by atoms with Crippen molar-refractivity contribution in [1.29, 1.82) is 0 Å². The van der Waals surface area contributed by atoms with E-state index in [1.54, 1.807) is 42.5 Å². The molecular weight excluding hydrogens is 469 g/mol. The summed E-state index contributed by atoms with van der Waals surface area (Å²) in [6.07, 6.45) is 0. The quantitative estimate of drug-likeness (QED) is 0.380. The number of ketones is 1. The summed E-state index contributed by atoms with van der Waals surface area (Å²) in [6, 6.07) is 11.4. The lowest BCUT2D eigenvalue weighted by atomic mass is 10.1. The van der Waals surface area contributed by atoms with E-state index in [0.29, 0.717) is 15.7 Å². The molecule has 1 heterocycles. The standard InChI is InChI=1S/C19H15Cl2N3O4S2/c1-28-14(25)9-30(27)11-7-5-10(6-8-11)23-19-24-18(22)17(29-19)16(26)15-12(20)3-2-4-13(15)21/h2-8H,9,22H2,1H3,(H,23,24). The van der Waals surface area contributed by atoms with Gasteiger partial charge in [-0.25, -0.2) is 4.98 Å². The van der Waals surface area contributed by atoms with Gasteiger partial charge in [-0.05, 0) is 36.4 Å². The van der Waals surface area contributed by atoms with Crippen LogP contribution in [-0.2, 0) is 20.3 Å². The summed E-state index contributed by atoms with van der Waals surface area (Å²) >= 11 is 13.3. The van der Waals surface area contributed by atoms with Gasteiger partial charge < -0.3 is 15.8 Å². The molecule has 0 spiro atoms. The van der Waals surface area contributed by atoms with Crippen molar-refractivity contribution in [2.75, 3.05) is 23.9 Å². The molecule has 156 valence electrons. The second-order valence-electron chi connectivity index (χ2n) is 5.87. The number of hydrogen-bond donors (Lipinski definition) is 2. The first-order valence-corrected chi connectivity index (χ1v) is 11.3. The summed E-state index contributed by atoms with van der Waals surface area (Å²) in [5.41, 5.74) is 6.73. The van der Waals surface area contributed by atoms with Gasteiger partial charge >= 0.3 is 5.97 Å². The van der Waals surface area contributed by atoms with E-state index in [9.17, 15) is 13.8 Å². The van der Waals surface area contributed by atoms with E-state index in [1.807, 2.05) is 0 Å². The summed E-state index contributed by atoms with van der Waals surface area (Å²) < 4.78 is 16.6. The number of esters is 1. The van der Waals surface area contributed by atoms with Crippen molar-refractivity contribution in [3.63, 3.8) is 0 Å². The Kier molecular flexibility index (Phi) is 7.09. The Morgan fingerprint density at radius 1 is 1.17 bits per heavy atom.